The molecule has 1 aromatic rings. The van der Waals surface area contributed by atoms with Crippen LogP contribution in [0.5, 0.6) is 0 Å². The first-order valence-corrected chi connectivity index (χ1v) is 6.06. The molecule has 1 fully saturated rings. The fourth-order valence-corrected chi connectivity index (χ4v) is 2.55. The van der Waals surface area contributed by atoms with E-state index in [9.17, 15) is 0 Å². The highest BCUT2D eigenvalue weighted by Crippen LogP contribution is 2.17. The summed E-state index contributed by atoms with van der Waals surface area (Å²) in [6, 6.07) is 2.07. The summed E-state index contributed by atoms with van der Waals surface area (Å²) < 4.78 is 0. The Morgan fingerprint density at radius 1 is 1.21 bits per heavy atom. The van der Waals surface area contributed by atoms with Crippen LogP contribution in [0.4, 0.5) is 5.82 Å². The van der Waals surface area contributed by atoms with Crippen molar-refractivity contribution in [2.45, 2.75) is 13.8 Å². The topological polar surface area (TPSA) is 29.0 Å². The molecule has 1 aliphatic rings. The smallest absolute Gasteiger partial charge is 0.132 e. The standard InChI is InChI=1S/C10H15N3S/c1-8-7-10(12-9(2)11-8)13-3-5-14-6-4-13/h7H,3-6H2,1-2H3. The SMILES string of the molecule is Cc1cc(N2CCSCC2)nc(C)n1. The molecular formula is C10H15N3S. The van der Waals surface area contributed by atoms with Crippen LogP contribution >= 0.6 is 11.8 Å². The zero-order valence-corrected chi connectivity index (χ0v) is 9.47. The van der Waals surface area contributed by atoms with Gasteiger partial charge in [0.05, 0.1) is 0 Å². The predicted molar refractivity (Wildman–Crippen MR) is 61.0 cm³/mol. The number of anilines is 1. The van der Waals surface area contributed by atoms with Gasteiger partial charge in [0, 0.05) is 36.4 Å². The third-order valence-electron chi connectivity index (χ3n) is 2.29. The lowest BCUT2D eigenvalue weighted by atomic mass is 10.3. The van der Waals surface area contributed by atoms with Crippen molar-refractivity contribution in [1.29, 1.82) is 0 Å². The molecule has 0 aliphatic carbocycles. The van der Waals surface area contributed by atoms with Crippen LogP contribution in [0.15, 0.2) is 6.07 Å². The molecule has 3 nitrogen and oxygen atoms in total. The molecule has 0 radical (unpaired) electrons. The minimum Gasteiger partial charge on any atom is -0.355 e. The van der Waals surface area contributed by atoms with Gasteiger partial charge in [-0.15, -0.1) is 0 Å². The second kappa shape index (κ2) is 4.17. The maximum atomic E-state index is 4.46. The summed E-state index contributed by atoms with van der Waals surface area (Å²) >= 11 is 2.02. The maximum Gasteiger partial charge on any atom is 0.132 e. The highest BCUT2D eigenvalue weighted by Gasteiger charge is 2.12. The Balaban J connectivity index is 2.21. The monoisotopic (exact) mass is 209 g/mol. The summed E-state index contributed by atoms with van der Waals surface area (Å²) in [4.78, 5) is 11.1. The van der Waals surface area contributed by atoms with E-state index in [1.165, 1.54) is 11.5 Å². The minimum absolute atomic E-state index is 0.873. The lowest BCUT2D eigenvalue weighted by Crippen LogP contribution is -2.33. The van der Waals surface area contributed by atoms with Gasteiger partial charge in [0.1, 0.15) is 11.6 Å². The molecule has 2 rings (SSSR count). The number of aryl methyl sites for hydroxylation is 2. The van der Waals surface area contributed by atoms with Crippen molar-refractivity contribution in [2.75, 3.05) is 29.5 Å². The second-order valence-electron chi connectivity index (χ2n) is 3.51. The summed E-state index contributed by atoms with van der Waals surface area (Å²) in [7, 11) is 0. The molecule has 0 bridgehead atoms. The molecule has 0 N–H and O–H groups in total. The van der Waals surface area contributed by atoms with Crippen molar-refractivity contribution >= 4 is 17.6 Å². The van der Waals surface area contributed by atoms with Crippen LogP contribution in [0.25, 0.3) is 0 Å². The van der Waals surface area contributed by atoms with E-state index in [1.54, 1.807) is 0 Å². The third kappa shape index (κ3) is 2.18. The molecule has 4 heteroatoms. The maximum absolute atomic E-state index is 4.46. The second-order valence-corrected chi connectivity index (χ2v) is 4.74. The largest absolute Gasteiger partial charge is 0.355 e. The predicted octanol–water partition coefficient (Wildman–Crippen LogP) is 1.65. The molecule has 0 spiro atoms. The van der Waals surface area contributed by atoms with Crippen molar-refractivity contribution in [3.63, 3.8) is 0 Å². The van der Waals surface area contributed by atoms with Gasteiger partial charge >= 0.3 is 0 Å². The molecular weight excluding hydrogens is 194 g/mol. The van der Waals surface area contributed by atoms with Crippen molar-refractivity contribution in [3.8, 4) is 0 Å². The van der Waals surface area contributed by atoms with Crippen LogP contribution in [0.3, 0.4) is 0 Å². The van der Waals surface area contributed by atoms with Crippen LogP contribution < -0.4 is 4.90 Å². The van der Waals surface area contributed by atoms with Crippen molar-refractivity contribution in [2.24, 2.45) is 0 Å². The number of rotatable bonds is 1. The fourth-order valence-electron chi connectivity index (χ4n) is 1.65. The Bertz CT molecular complexity index is 301. The Labute approximate surface area is 88.9 Å². The van der Waals surface area contributed by atoms with Gasteiger partial charge < -0.3 is 4.90 Å². The van der Waals surface area contributed by atoms with Crippen LogP contribution in [0.1, 0.15) is 11.5 Å². The van der Waals surface area contributed by atoms with E-state index in [-0.39, 0.29) is 0 Å². The van der Waals surface area contributed by atoms with E-state index in [2.05, 4.69) is 20.9 Å². The van der Waals surface area contributed by atoms with E-state index >= 15 is 0 Å². The lowest BCUT2D eigenvalue weighted by molar-refractivity contribution is 0.824. The Kier molecular flexibility index (Phi) is 2.91. The first-order valence-electron chi connectivity index (χ1n) is 4.91. The van der Waals surface area contributed by atoms with E-state index in [1.807, 2.05) is 25.6 Å². The average Bonchev–Trinajstić information content (AvgIpc) is 2.18. The first kappa shape index (κ1) is 9.77. The van der Waals surface area contributed by atoms with Gasteiger partial charge in [-0.25, -0.2) is 9.97 Å². The van der Waals surface area contributed by atoms with Crippen LogP contribution in [0.2, 0.25) is 0 Å². The number of hydrogen-bond donors (Lipinski definition) is 0. The zero-order chi connectivity index (χ0) is 9.97. The normalized spacial score (nSPS) is 17.1. The highest BCUT2D eigenvalue weighted by molar-refractivity contribution is 7.99. The molecule has 0 aromatic carbocycles. The summed E-state index contributed by atoms with van der Waals surface area (Å²) in [5.74, 6) is 4.39. The van der Waals surface area contributed by atoms with Gasteiger partial charge in [0.25, 0.3) is 0 Å². The van der Waals surface area contributed by atoms with Crippen molar-refractivity contribution in [3.05, 3.63) is 17.6 Å². The summed E-state index contributed by atoms with van der Waals surface area (Å²) in [6.45, 7) is 6.20. The van der Waals surface area contributed by atoms with E-state index in [4.69, 9.17) is 0 Å². The van der Waals surface area contributed by atoms with E-state index in [0.29, 0.717) is 0 Å². The molecule has 0 unspecified atom stereocenters. The van der Waals surface area contributed by atoms with Gasteiger partial charge in [-0.05, 0) is 13.8 Å². The molecule has 14 heavy (non-hydrogen) atoms. The zero-order valence-electron chi connectivity index (χ0n) is 8.66. The molecule has 0 atom stereocenters. The number of thioether (sulfide) groups is 1. The highest BCUT2D eigenvalue weighted by atomic mass is 32.2. The number of hydrogen-bond acceptors (Lipinski definition) is 4. The summed E-state index contributed by atoms with van der Waals surface area (Å²) in [5, 5.41) is 0. The molecule has 2 heterocycles. The lowest BCUT2D eigenvalue weighted by Gasteiger charge is -2.27. The average molecular weight is 209 g/mol. The number of aromatic nitrogens is 2. The quantitative estimate of drug-likeness (QED) is 0.703. The van der Waals surface area contributed by atoms with Gasteiger partial charge in [-0.3, -0.25) is 0 Å². The minimum atomic E-state index is 0.873. The van der Waals surface area contributed by atoms with Crippen molar-refractivity contribution in [1.82, 2.24) is 9.97 Å². The Morgan fingerprint density at radius 2 is 1.93 bits per heavy atom. The molecule has 1 aliphatic heterocycles. The third-order valence-corrected chi connectivity index (χ3v) is 3.23. The van der Waals surface area contributed by atoms with Gasteiger partial charge in [-0.1, -0.05) is 0 Å². The van der Waals surface area contributed by atoms with Crippen LogP contribution in [0, 0.1) is 13.8 Å². The van der Waals surface area contributed by atoms with E-state index < -0.39 is 0 Å². The van der Waals surface area contributed by atoms with Gasteiger partial charge in [-0.2, -0.15) is 11.8 Å². The Morgan fingerprint density at radius 3 is 2.57 bits per heavy atom. The summed E-state index contributed by atoms with van der Waals surface area (Å²) in [5.41, 5.74) is 1.06. The van der Waals surface area contributed by atoms with E-state index in [0.717, 1.165) is 30.4 Å². The first-order chi connectivity index (χ1) is 6.75. The van der Waals surface area contributed by atoms with Crippen LogP contribution in [-0.4, -0.2) is 34.6 Å². The van der Waals surface area contributed by atoms with Gasteiger partial charge in [0.15, 0.2) is 0 Å². The molecule has 1 saturated heterocycles. The van der Waals surface area contributed by atoms with Crippen LogP contribution in [-0.2, 0) is 0 Å². The molecule has 0 saturated carbocycles. The fraction of sp³-hybridized carbons (Fsp3) is 0.600. The molecule has 76 valence electrons. The molecule has 1 aromatic heterocycles. The Hall–Kier alpha value is -0.770. The number of nitrogens with zero attached hydrogens (tertiary/aromatic N) is 3. The molecule has 0 amide bonds. The van der Waals surface area contributed by atoms with Crippen molar-refractivity contribution < 1.29 is 0 Å². The summed E-state index contributed by atoms with van der Waals surface area (Å²) in [6.07, 6.45) is 0. The van der Waals surface area contributed by atoms with Gasteiger partial charge in [0.2, 0.25) is 0 Å².